The summed E-state index contributed by atoms with van der Waals surface area (Å²) in [6.07, 6.45) is 3.04. The van der Waals surface area contributed by atoms with Crippen LogP contribution < -0.4 is 0 Å². The average Bonchev–Trinajstić information content (AvgIpc) is 2.32. The Hall–Kier alpha value is 0.960. The largest absolute Gasteiger partial charge is 0.0842 e. The van der Waals surface area contributed by atoms with Crippen LogP contribution in [0.25, 0.3) is 0 Å². The van der Waals surface area contributed by atoms with Crippen LogP contribution in [0, 0.1) is 47.3 Å². The lowest BCUT2D eigenvalue weighted by Crippen LogP contribution is -2.75. The summed E-state index contributed by atoms with van der Waals surface area (Å²) in [6, 6.07) is 0. The van der Waals surface area contributed by atoms with Crippen LogP contribution in [0.5, 0.6) is 0 Å². The smallest absolute Gasteiger partial charge is 0.0724 e. The number of halogens is 2. The molecule has 6 aliphatic rings. The molecule has 70 valence electrons. The second kappa shape index (κ2) is 1.71. The van der Waals surface area contributed by atoms with E-state index in [1.165, 1.54) is 30.1 Å². The molecule has 8 atom stereocenters. The van der Waals surface area contributed by atoms with Crippen molar-refractivity contribution in [1.82, 2.24) is 0 Å². The fourth-order valence-electron chi connectivity index (χ4n) is 6.30. The second-order valence-electron chi connectivity index (χ2n) is 6.03. The van der Waals surface area contributed by atoms with Crippen LogP contribution in [0.3, 0.4) is 0 Å². The van der Waals surface area contributed by atoms with Gasteiger partial charge in [-0.15, -0.1) is 0 Å². The fraction of sp³-hybridized carbons (Fsp3) is 1.00. The fourth-order valence-corrected chi connectivity index (χ4v) is 8.27. The maximum absolute atomic E-state index is 3.93. The third-order valence-electron chi connectivity index (χ3n) is 6.23. The molecule has 4 bridgehead atoms. The Labute approximate surface area is 95.1 Å². The topological polar surface area (TPSA) is 0 Å². The zero-order chi connectivity index (χ0) is 8.53. The number of hydrogen-bond acceptors (Lipinski definition) is 0. The highest BCUT2D eigenvalue weighted by Crippen LogP contribution is 2.88. The summed E-state index contributed by atoms with van der Waals surface area (Å²) in [6.45, 7) is 0. The van der Waals surface area contributed by atoms with Crippen molar-refractivity contribution in [2.24, 2.45) is 47.3 Å². The minimum absolute atomic E-state index is 0.360. The molecule has 0 saturated heterocycles. The van der Waals surface area contributed by atoms with Gasteiger partial charge < -0.3 is 0 Å². The molecule has 0 heterocycles. The van der Waals surface area contributed by atoms with E-state index in [1.54, 1.807) is 6.42 Å². The van der Waals surface area contributed by atoms with E-state index < -0.39 is 0 Å². The third kappa shape index (κ3) is 0.497. The van der Waals surface area contributed by atoms with Crippen LogP contribution in [0.4, 0.5) is 0 Å². The molecule has 2 heteroatoms. The van der Waals surface area contributed by atoms with Crippen molar-refractivity contribution >= 4 is 31.9 Å². The van der Waals surface area contributed by atoms with Gasteiger partial charge in [0.1, 0.15) is 0 Å². The highest BCUT2D eigenvalue weighted by atomic mass is 79.9. The van der Waals surface area contributed by atoms with Gasteiger partial charge in [0.05, 0.1) is 3.23 Å². The first-order valence-corrected chi connectivity index (χ1v) is 7.16. The van der Waals surface area contributed by atoms with E-state index in [9.17, 15) is 0 Å². The lowest BCUT2D eigenvalue weighted by Gasteiger charge is -2.77. The highest BCUT2D eigenvalue weighted by Gasteiger charge is 2.84. The monoisotopic (exact) mass is 302 g/mol. The van der Waals surface area contributed by atoms with Gasteiger partial charge in [-0.1, -0.05) is 31.9 Å². The lowest BCUT2D eigenvalue weighted by atomic mass is 9.30. The molecule has 0 radical (unpaired) electrons. The lowest BCUT2D eigenvalue weighted by molar-refractivity contribution is -0.268. The van der Waals surface area contributed by atoms with Gasteiger partial charge in [-0.05, 0) is 60.2 Å². The first-order chi connectivity index (χ1) is 6.20. The molecule has 0 aliphatic heterocycles. The minimum Gasteiger partial charge on any atom is -0.0724 e. The van der Waals surface area contributed by atoms with Crippen molar-refractivity contribution in [3.8, 4) is 0 Å². The molecule has 0 aromatic rings. The summed E-state index contributed by atoms with van der Waals surface area (Å²) >= 11 is 7.86. The van der Waals surface area contributed by atoms with E-state index >= 15 is 0 Å². The Bertz CT molecular complexity index is 320. The zero-order valence-corrected chi connectivity index (χ0v) is 10.5. The third-order valence-corrected chi connectivity index (χ3v) is 7.93. The van der Waals surface area contributed by atoms with Crippen LogP contribution in [-0.4, -0.2) is 3.23 Å². The van der Waals surface area contributed by atoms with Crippen LogP contribution in [0.2, 0.25) is 0 Å². The molecular weight excluding hydrogens is 292 g/mol. The van der Waals surface area contributed by atoms with Gasteiger partial charge in [0.15, 0.2) is 0 Å². The van der Waals surface area contributed by atoms with Crippen molar-refractivity contribution in [3.05, 3.63) is 0 Å². The van der Waals surface area contributed by atoms with E-state index in [1.807, 2.05) is 0 Å². The number of alkyl halides is 2. The number of fused-ring (bicyclic) bond motifs is 1. The van der Waals surface area contributed by atoms with Crippen LogP contribution in [-0.2, 0) is 0 Å². The Morgan fingerprint density at radius 3 is 2.38 bits per heavy atom. The zero-order valence-electron chi connectivity index (χ0n) is 7.29. The van der Waals surface area contributed by atoms with Crippen molar-refractivity contribution in [1.29, 1.82) is 0 Å². The second-order valence-corrected chi connectivity index (χ2v) is 9.92. The van der Waals surface area contributed by atoms with Crippen molar-refractivity contribution in [3.63, 3.8) is 0 Å². The Morgan fingerprint density at radius 2 is 1.69 bits per heavy atom. The summed E-state index contributed by atoms with van der Waals surface area (Å²) in [5.74, 6) is 9.16. The Kier molecular flexibility index (Phi) is 0.954. The van der Waals surface area contributed by atoms with E-state index in [2.05, 4.69) is 31.9 Å². The molecule has 0 aromatic heterocycles. The molecule has 6 rings (SSSR count). The summed E-state index contributed by atoms with van der Waals surface area (Å²) in [5.41, 5.74) is 0. The predicted octanol–water partition coefficient (Wildman–Crippen LogP) is 3.25. The van der Waals surface area contributed by atoms with E-state index in [0.717, 1.165) is 23.7 Å². The maximum atomic E-state index is 3.93. The molecule has 6 aliphatic carbocycles. The SMILES string of the molecule is BrC1(Br)C[C@@H]2[C@@H]3C[C@@H]4[C@H]2[C@H]2[C@H]4[C@@H]3[C@H]21. The summed E-state index contributed by atoms with van der Waals surface area (Å²) in [4.78, 5) is 0. The standard InChI is InChI=1S/C11H12Br2/c12-11(13)2-5-3-1-4-6(5)9-7(4)8(3)10(9)11/h3-10H,1-2H2/t3-,4+,5+,6+,7+,8+,9-,10+/m0/s1. The van der Waals surface area contributed by atoms with Crippen LogP contribution in [0.1, 0.15) is 12.8 Å². The molecule has 0 nitrogen and oxygen atoms in total. The van der Waals surface area contributed by atoms with Crippen molar-refractivity contribution in [2.45, 2.75) is 16.1 Å². The molecule has 6 saturated carbocycles. The Balaban J connectivity index is 1.75. The molecule has 0 amide bonds. The van der Waals surface area contributed by atoms with Crippen LogP contribution in [0.15, 0.2) is 0 Å². The molecule has 6 fully saturated rings. The normalized spacial score (nSPS) is 78.0. The first-order valence-electron chi connectivity index (χ1n) is 5.58. The number of rotatable bonds is 0. The van der Waals surface area contributed by atoms with Crippen molar-refractivity contribution in [2.75, 3.05) is 0 Å². The summed E-state index contributed by atoms with van der Waals surface area (Å²) in [5, 5.41) is 0. The number of hydrogen-bond donors (Lipinski definition) is 0. The van der Waals surface area contributed by atoms with Gasteiger partial charge in [0.2, 0.25) is 0 Å². The van der Waals surface area contributed by atoms with Gasteiger partial charge in [0, 0.05) is 0 Å². The van der Waals surface area contributed by atoms with E-state index in [0.29, 0.717) is 3.23 Å². The first kappa shape index (κ1) is 7.27. The van der Waals surface area contributed by atoms with E-state index in [-0.39, 0.29) is 0 Å². The summed E-state index contributed by atoms with van der Waals surface area (Å²) in [7, 11) is 0. The molecule has 0 N–H and O–H groups in total. The predicted molar refractivity (Wildman–Crippen MR) is 57.7 cm³/mol. The van der Waals surface area contributed by atoms with Gasteiger partial charge in [-0.3, -0.25) is 0 Å². The highest BCUT2D eigenvalue weighted by molar-refractivity contribution is 9.25. The average molecular weight is 304 g/mol. The van der Waals surface area contributed by atoms with Gasteiger partial charge in [0.25, 0.3) is 0 Å². The van der Waals surface area contributed by atoms with Gasteiger partial charge >= 0.3 is 0 Å². The Morgan fingerprint density at radius 1 is 0.846 bits per heavy atom. The molecule has 0 unspecified atom stereocenters. The van der Waals surface area contributed by atoms with E-state index in [4.69, 9.17) is 0 Å². The molecular formula is C11H12Br2. The van der Waals surface area contributed by atoms with Gasteiger partial charge in [-0.25, -0.2) is 0 Å². The maximum Gasteiger partial charge on any atom is 0.0842 e. The molecule has 0 aromatic carbocycles. The van der Waals surface area contributed by atoms with Gasteiger partial charge in [-0.2, -0.15) is 0 Å². The quantitative estimate of drug-likeness (QED) is 0.603. The van der Waals surface area contributed by atoms with Crippen molar-refractivity contribution < 1.29 is 0 Å². The summed E-state index contributed by atoms with van der Waals surface area (Å²) < 4.78 is 0.360. The minimum atomic E-state index is 0.360. The van der Waals surface area contributed by atoms with Crippen LogP contribution >= 0.6 is 31.9 Å². The molecule has 0 spiro atoms. The molecule has 13 heavy (non-hydrogen) atoms.